The Labute approximate surface area is 153 Å². The highest BCUT2D eigenvalue weighted by Crippen LogP contribution is 2.20. The van der Waals surface area contributed by atoms with Crippen molar-refractivity contribution in [3.63, 3.8) is 0 Å². The maximum atomic E-state index is 12.3. The summed E-state index contributed by atoms with van der Waals surface area (Å²) in [6.07, 6.45) is 1.24. The summed E-state index contributed by atoms with van der Waals surface area (Å²) in [5, 5.41) is 3.75. The summed E-state index contributed by atoms with van der Waals surface area (Å²) in [7, 11) is 0. The van der Waals surface area contributed by atoms with Gasteiger partial charge in [-0.2, -0.15) is 0 Å². The minimum absolute atomic E-state index is 0.0885. The van der Waals surface area contributed by atoms with Gasteiger partial charge in [0.2, 0.25) is 0 Å². The number of benzene rings is 2. The molecule has 0 spiro atoms. The van der Waals surface area contributed by atoms with Crippen LogP contribution in [0, 0.1) is 6.92 Å². The summed E-state index contributed by atoms with van der Waals surface area (Å²) in [5.74, 6) is -0.201. The van der Waals surface area contributed by atoms with E-state index in [2.05, 4.69) is 15.3 Å². The molecule has 25 heavy (non-hydrogen) atoms. The average Bonchev–Trinajstić information content (AvgIpc) is 2.58. The molecule has 5 nitrogen and oxygen atoms in total. The van der Waals surface area contributed by atoms with E-state index in [1.54, 1.807) is 42.5 Å². The van der Waals surface area contributed by atoms with E-state index in [0.29, 0.717) is 27.1 Å². The van der Waals surface area contributed by atoms with Crippen molar-refractivity contribution >= 4 is 34.8 Å². The molecule has 1 heterocycles. The van der Waals surface area contributed by atoms with E-state index in [4.69, 9.17) is 23.2 Å². The number of aryl methyl sites for hydroxylation is 1. The number of H-pyrrole nitrogens is 1. The number of amides is 1. The van der Waals surface area contributed by atoms with Gasteiger partial charge in [0.05, 0.1) is 0 Å². The molecule has 1 amide bonds. The predicted octanol–water partition coefficient (Wildman–Crippen LogP) is 4.30. The van der Waals surface area contributed by atoms with Crippen LogP contribution >= 0.6 is 23.2 Å². The highest BCUT2D eigenvalue weighted by Gasteiger charge is 2.13. The number of rotatable bonds is 3. The molecule has 7 heteroatoms. The first kappa shape index (κ1) is 17.2. The van der Waals surface area contributed by atoms with Crippen molar-refractivity contribution in [3.05, 3.63) is 80.2 Å². The van der Waals surface area contributed by atoms with E-state index >= 15 is 0 Å². The first-order chi connectivity index (χ1) is 11.9. The van der Waals surface area contributed by atoms with Gasteiger partial charge in [0.15, 0.2) is 0 Å². The SMILES string of the molecule is Cc1ccc(NC(=O)c2cnc(-c3ccc(Cl)cc3)[nH]c2=O)cc1Cl. The molecule has 2 N–H and O–H groups in total. The van der Waals surface area contributed by atoms with Gasteiger partial charge in [0.1, 0.15) is 11.4 Å². The number of nitrogens with zero attached hydrogens (tertiary/aromatic N) is 1. The van der Waals surface area contributed by atoms with Gasteiger partial charge in [-0.1, -0.05) is 29.3 Å². The lowest BCUT2D eigenvalue weighted by Crippen LogP contribution is -2.24. The molecule has 0 unspecified atom stereocenters. The Kier molecular flexibility index (Phi) is 4.88. The lowest BCUT2D eigenvalue weighted by molar-refractivity contribution is 0.102. The van der Waals surface area contributed by atoms with E-state index in [-0.39, 0.29) is 5.56 Å². The highest BCUT2D eigenvalue weighted by molar-refractivity contribution is 6.31. The number of carbonyl (C=O) groups is 1. The smallest absolute Gasteiger partial charge is 0.264 e. The van der Waals surface area contributed by atoms with Crippen molar-refractivity contribution in [2.45, 2.75) is 6.92 Å². The Morgan fingerprint density at radius 1 is 1.12 bits per heavy atom. The van der Waals surface area contributed by atoms with Crippen molar-refractivity contribution in [1.29, 1.82) is 0 Å². The predicted molar refractivity (Wildman–Crippen MR) is 99.4 cm³/mol. The van der Waals surface area contributed by atoms with Crippen molar-refractivity contribution in [2.24, 2.45) is 0 Å². The molecular formula is C18H13Cl2N3O2. The lowest BCUT2D eigenvalue weighted by Gasteiger charge is -2.07. The zero-order valence-electron chi connectivity index (χ0n) is 13.1. The summed E-state index contributed by atoms with van der Waals surface area (Å²) in [4.78, 5) is 31.3. The van der Waals surface area contributed by atoms with Gasteiger partial charge in [-0.3, -0.25) is 9.59 Å². The maximum Gasteiger partial charge on any atom is 0.264 e. The number of carbonyl (C=O) groups excluding carboxylic acids is 1. The molecule has 0 radical (unpaired) electrons. The summed E-state index contributed by atoms with van der Waals surface area (Å²) in [6.45, 7) is 1.86. The summed E-state index contributed by atoms with van der Waals surface area (Å²) >= 11 is 11.9. The molecular weight excluding hydrogens is 361 g/mol. The third kappa shape index (κ3) is 3.90. The molecule has 0 aliphatic carbocycles. The second-order valence-corrected chi connectivity index (χ2v) is 6.24. The van der Waals surface area contributed by atoms with Crippen molar-refractivity contribution in [3.8, 4) is 11.4 Å². The Morgan fingerprint density at radius 3 is 2.48 bits per heavy atom. The molecule has 0 bridgehead atoms. The normalized spacial score (nSPS) is 10.5. The quantitative estimate of drug-likeness (QED) is 0.718. The molecule has 2 aromatic carbocycles. The summed E-state index contributed by atoms with van der Waals surface area (Å²) < 4.78 is 0. The number of nitrogens with one attached hydrogen (secondary N) is 2. The highest BCUT2D eigenvalue weighted by atomic mass is 35.5. The van der Waals surface area contributed by atoms with Crippen LogP contribution in [0.4, 0.5) is 5.69 Å². The molecule has 3 aromatic rings. The van der Waals surface area contributed by atoms with Crippen molar-refractivity contribution < 1.29 is 4.79 Å². The van der Waals surface area contributed by atoms with Crippen LogP contribution in [0.15, 0.2) is 53.5 Å². The minimum atomic E-state index is -0.559. The first-order valence-corrected chi connectivity index (χ1v) is 8.12. The molecule has 0 aliphatic rings. The fraction of sp³-hybridized carbons (Fsp3) is 0.0556. The largest absolute Gasteiger partial charge is 0.322 e. The average molecular weight is 374 g/mol. The Hall–Kier alpha value is -2.63. The van der Waals surface area contributed by atoms with E-state index in [9.17, 15) is 9.59 Å². The molecule has 0 fully saturated rings. The van der Waals surface area contributed by atoms with Gasteiger partial charge in [-0.15, -0.1) is 0 Å². The first-order valence-electron chi connectivity index (χ1n) is 7.37. The maximum absolute atomic E-state index is 12.3. The number of halogens is 2. The molecule has 0 atom stereocenters. The molecule has 0 saturated heterocycles. The topological polar surface area (TPSA) is 74.8 Å². The standard InChI is InChI=1S/C18H13Cl2N3O2/c1-10-2-7-13(8-15(10)20)22-17(24)14-9-21-16(23-18(14)25)11-3-5-12(19)6-4-11/h2-9H,1H3,(H,22,24)(H,21,23,25). The zero-order valence-corrected chi connectivity index (χ0v) is 14.7. The van der Waals surface area contributed by atoms with Gasteiger partial charge in [-0.25, -0.2) is 4.98 Å². The number of anilines is 1. The monoisotopic (exact) mass is 373 g/mol. The number of hydrogen-bond acceptors (Lipinski definition) is 3. The molecule has 0 aliphatic heterocycles. The van der Waals surface area contributed by atoms with Gasteiger partial charge < -0.3 is 10.3 Å². The second kappa shape index (κ2) is 7.09. The van der Waals surface area contributed by atoms with Crippen LogP contribution in [0.1, 0.15) is 15.9 Å². The van der Waals surface area contributed by atoms with Crippen LogP contribution < -0.4 is 10.9 Å². The van der Waals surface area contributed by atoms with Crippen LogP contribution in [-0.2, 0) is 0 Å². The van der Waals surface area contributed by atoms with Crippen LogP contribution in [0.5, 0.6) is 0 Å². The van der Waals surface area contributed by atoms with Crippen molar-refractivity contribution in [1.82, 2.24) is 9.97 Å². The fourth-order valence-electron chi connectivity index (χ4n) is 2.18. The third-order valence-electron chi connectivity index (χ3n) is 3.59. The van der Waals surface area contributed by atoms with E-state index in [1.807, 2.05) is 6.92 Å². The summed E-state index contributed by atoms with van der Waals surface area (Å²) in [6, 6.07) is 12.0. The number of hydrogen-bond donors (Lipinski definition) is 2. The van der Waals surface area contributed by atoms with Crippen molar-refractivity contribution in [2.75, 3.05) is 5.32 Å². The van der Waals surface area contributed by atoms with E-state index in [1.165, 1.54) is 6.20 Å². The molecule has 1 aromatic heterocycles. The molecule has 0 saturated carbocycles. The van der Waals surface area contributed by atoms with Crippen LogP contribution in [0.2, 0.25) is 10.0 Å². The summed E-state index contributed by atoms with van der Waals surface area (Å²) in [5.41, 5.74) is 1.47. The fourth-order valence-corrected chi connectivity index (χ4v) is 2.49. The number of aromatic nitrogens is 2. The lowest BCUT2D eigenvalue weighted by atomic mass is 10.2. The van der Waals surface area contributed by atoms with Gasteiger partial charge in [0, 0.05) is 27.5 Å². The van der Waals surface area contributed by atoms with Gasteiger partial charge in [0.25, 0.3) is 11.5 Å². The van der Waals surface area contributed by atoms with E-state index in [0.717, 1.165) is 5.56 Å². The Bertz CT molecular complexity index is 998. The van der Waals surface area contributed by atoms with Crippen LogP contribution in [0.3, 0.4) is 0 Å². The van der Waals surface area contributed by atoms with Gasteiger partial charge in [-0.05, 0) is 48.9 Å². The zero-order chi connectivity index (χ0) is 18.0. The minimum Gasteiger partial charge on any atom is -0.322 e. The Balaban J connectivity index is 1.85. The van der Waals surface area contributed by atoms with E-state index < -0.39 is 11.5 Å². The molecule has 3 rings (SSSR count). The number of aromatic amines is 1. The van der Waals surface area contributed by atoms with Crippen LogP contribution in [-0.4, -0.2) is 15.9 Å². The second-order valence-electron chi connectivity index (χ2n) is 5.40. The van der Waals surface area contributed by atoms with Gasteiger partial charge >= 0.3 is 0 Å². The molecule has 126 valence electrons. The third-order valence-corrected chi connectivity index (χ3v) is 4.25. The van der Waals surface area contributed by atoms with Crippen LogP contribution in [0.25, 0.3) is 11.4 Å². The Morgan fingerprint density at radius 2 is 1.84 bits per heavy atom.